The largest absolute Gasteiger partial charge is 0.379 e. The van der Waals surface area contributed by atoms with E-state index in [1.807, 2.05) is 6.92 Å². The maximum absolute atomic E-state index is 5.87. The Balaban J connectivity index is 2.04. The molecule has 1 saturated heterocycles. The normalized spacial score (nSPS) is 29.1. The average molecular weight is 216 g/mol. The molecule has 2 heterocycles. The summed E-state index contributed by atoms with van der Waals surface area (Å²) in [7, 11) is 0. The number of morpholine rings is 1. The highest BCUT2D eigenvalue weighted by molar-refractivity contribution is 6.65. The third kappa shape index (κ3) is 2.26. The van der Waals surface area contributed by atoms with Crippen LogP contribution in [0.15, 0.2) is 16.8 Å². The first-order valence-electron chi connectivity index (χ1n) is 4.76. The van der Waals surface area contributed by atoms with Crippen molar-refractivity contribution in [2.45, 2.75) is 13.1 Å². The molecule has 1 fully saturated rings. The summed E-state index contributed by atoms with van der Waals surface area (Å²) < 4.78 is 5.28. The summed E-state index contributed by atoms with van der Waals surface area (Å²) >= 11 is 5.87. The van der Waals surface area contributed by atoms with E-state index in [4.69, 9.17) is 16.3 Å². The number of nitrogens with zero attached hydrogens (tertiary/aromatic N) is 2. The van der Waals surface area contributed by atoms with Gasteiger partial charge in [-0.1, -0.05) is 0 Å². The van der Waals surface area contributed by atoms with E-state index in [2.05, 4.69) is 21.3 Å². The molecule has 2 rings (SSSR count). The SMILES string of the molecule is CC1=CC(N2CCOCC2)N=C(Cl)N1. The monoisotopic (exact) mass is 215 g/mol. The van der Waals surface area contributed by atoms with Crippen molar-refractivity contribution in [2.75, 3.05) is 26.3 Å². The van der Waals surface area contributed by atoms with Gasteiger partial charge in [0.15, 0.2) is 5.29 Å². The fourth-order valence-electron chi connectivity index (χ4n) is 1.64. The molecule has 0 aromatic carbocycles. The van der Waals surface area contributed by atoms with Crippen molar-refractivity contribution in [3.8, 4) is 0 Å². The summed E-state index contributed by atoms with van der Waals surface area (Å²) in [6.45, 7) is 5.39. The molecule has 0 saturated carbocycles. The number of nitrogens with one attached hydrogen (secondary N) is 1. The van der Waals surface area contributed by atoms with E-state index < -0.39 is 0 Å². The second-order valence-electron chi connectivity index (χ2n) is 3.46. The molecule has 1 unspecified atom stereocenters. The lowest BCUT2D eigenvalue weighted by Gasteiger charge is -2.32. The summed E-state index contributed by atoms with van der Waals surface area (Å²) in [5.74, 6) is 0. The Morgan fingerprint density at radius 3 is 2.93 bits per heavy atom. The Hall–Kier alpha value is -0.580. The van der Waals surface area contributed by atoms with Gasteiger partial charge in [0.25, 0.3) is 0 Å². The van der Waals surface area contributed by atoms with Crippen molar-refractivity contribution in [1.82, 2.24) is 10.2 Å². The number of allylic oxidation sites excluding steroid dienone is 1. The number of halogens is 1. The molecule has 0 amide bonds. The standard InChI is InChI=1S/C9H14ClN3O/c1-7-6-8(12-9(10)11-7)13-2-4-14-5-3-13/h6,8H,2-5H2,1H3,(H,11,12). The maximum Gasteiger partial charge on any atom is 0.197 e. The third-order valence-corrected chi connectivity index (χ3v) is 2.56. The van der Waals surface area contributed by atoms with Crippen LogP contribution in [0.4, 0.5) is 0 Å². The fraction of sp³-hybridized carbons (Fsp3) is 0.667. The van der Waals surface area contributed by atoms with Gasteiger partial charge in [-0.25, -0.2) is 4.99 Å². The first-order valence-corrected chi connectivity index (χ1v) is 5.14. The van der Waals surface area contributed by atoms with Crippen LogP contribution in [0.3, 0.4) is 0 Å². The maximum atomic E-state index is 5.87. The van der Waals surface area contributed by atoms with E-state index >= 15 is 0 Å². The van der Waals surface area contributed by atoms with Gasteiger partial charge in [-0.05, 0) is 24.6 Å². The van der Waals surface area contributed by atoms with Gasteiger partial charge in [-0.3, -0.25) is 4.90 Å². The molecular weight excluding hydrogens is 202 g/mol. The van der Waals surface area contributed by atoms with Gasteiger partial charge in [0, 0.05) is 18.8 Å². The smallest absolute Gasteiger partial charge is 0.197 e. The van der Waals surface area contributed by atoms with Crippen molar-refractivity contribution < 1.29 is 4.74 Å². The van der Waals surface area contributed by atoms with Gasteiger partial charge in [0.1, 0.15) is 6.17 Å². The molecule has 0 bridgehead atoms. The minimum Gasteiger partial charge on any atom is -0.379 e. The summed E-state index contributed by atoms with van der Waals surface area (Å²) in [4.78, 5) is 6.58. The van der Waals surface area contributed by atoms with Crippen molar-refractivity contribution in [1.29, 1.82) is 0 Å². The molecule has 1 atom stereocenters. The van der Waals surface area contributed by atoms with Crippen LogP contribution < -0.4 is 5.32 Å². The zero-order chi connectivity index (χ0) is 9.97. The average Bonchev–Trinajstić information content (AvgIpc) is 2.18. The Labute approximate surface area is 88.6 Å². The molecule has 0 aromatic rings. The van der Waals surface area contributed by atoms with E-state index in [1.165, 1.54) is 0 Å². The van der Waals surface area contributed by atoms with E-state index in [1.54, 1.807) is 0 Å². The van der Waals surface area contributed by atoms with Crippen molar-refractivity contribution >= 4 is 16.9 Å². The summed E-state index contributed by atoms with van der Waals surface area (Å²) in [5.41, 5.74) is 1.06. The van der Waals surface area contributed by atoms with Gasteiger partial charge in [-0.2, -0.15) is 0 Å². The van der Waals surface area contributed by atoms with Crippen LogP contribution in [0.5, 0.6) is 0 Å². The Morgan fingerprint density at radius 2 is 2.29 bits per heavy atom. The predicted octanol–water partition coefficient (Wildman–Crippen LogP) is 0.746. The second-order valence-corrected chi connectivity index (χ2v) is 3.81. The number of ether oxygens (including phenoxy) is 1. The Kier molecular flexibility index (Phi) is 3.05. The van der Waals surface area contributed by atoms with Crippen LogP contribution in [-0.2, 0) is 4.74 Å². The van der Waals surface area contributed by atoms with Gasteiger partial charge in [0.05, 0.1) is 13.2 Å². The molecule has 14 heavy (non-hydrogen) atoms. The van der Waals surface area contributed by atoms with Crippen LogP contribution in [0.1, 0.15) is 6.92 Å². The molecule has 0 aliphatic carbocycles. The first kappa shape index (κ1) is 9.96. The molecule has 0 aromatic heterocycles. The summed E-state index contributed by atoms with van der Waals surface area (Å²) in [6.07, 6.45) is 2.16. The van der Waals surface area contributed by atoms with Crippen LogP contribution in [-0.4, -0.2) is 42.7 Å². The second kappa shape index (κ2) is 4.29. The van der Waals surface area contributed by atoms with Crippen LogP contribution in [0.2, 0.25) is 0 Å². The van der Waals surface area contributed by atoms with E-state index in [0.717, 1.165) is 32.0 Å². The minimum atomic E-state index is 0.0765. The molecule has 5 heteroatoms. The highest BCUT2D eigenvalue weighted by Crippen LogP contribution is 2.12. The van der Waals surface area contributed by atoms with E-state index in [-0.39, 0.29) is 6.17 Å². The highest BCUT2D eigenvalue weighted by Gasteiger charge is 2.21. The number of hydrogen-bond donors (Lipinski definition) is 1. The lowest BCUT2D eigenvalue weighted by molar-refractivity contribution is 0.0267. The lowest BCUT2D eigenvalue weighted by atomic mass is 10.3. The van der Waals surface area contributed by atoms with Crippen LogP contribution >= 0.6 is 11.6 Å². The summed E-state index contributed by atoms with van der Waals surface area (Å²) in [6, 6.07) is 0. The number of hydrogen-bond acceptors (Lipinski definition) is 4. The molecular formula is C9H14ClN3O. The van der Waals surface area contributed by atoms with Crippen molar-refractivity contribution in [3.05, 3.63) is 11.8 Å². The zero-order valence-corrected chi connectivity index (χ0v) is 8.92. The molecule has 2 aliphatic heterocycles. The predicted molar refractivity (Wildman–Crippen MR) is 56.4 cm³/mol. The summed E-state index contributed by atoms with van der Waals surface area (Å²) in [5, 5.41) is 3.44. The first-order chi connectivity index (χ1) is 6.75. The van der Waals surface area contributed by atoms with Gasteiger partial charge < -0.3 is 10.1 Å². The minimum absolute atomic E-state index is 0.0765. The molecule has 78 valence electrons. The van der Waals surface area contributed by atoms with Crippen molar-refractivity contribution in [2.24, 2.45) is 4.99 Å². The molecule has 2 aliphatic rings. The van der Waals surface area contributed by atoms with Gasteiger partial charge in [-0.15, -0.1) is 0 Å². The van der Waals surface area contributed by atoms with E-state index in [0.29, 0.717) is 5.29 Å². The van der Waals surface area contributed by atoms with Gasteiger partial charge >= 0.3 is 0 Å². The number of rotatable bonds is 1. The number of amidine groups is 1. The van der Waals surface area contributed by atoms with Gasteiger partial charge in [0.2, 0.25) is 0 Å². The molecule has 4 nitrogen and oxygen atoms in total. The topological polar surface area (TPSA) is 36.9 Å². The van der Waals surface area contributed by atoms with Crippen LogP contribution in [0.25, 0.3) is 0 Å². The zero-order valence-electron chi connectivity index (χ0n) is 8.16. The number of aliphatic imine (C=N–C) groups is 1. The quantitative estimate of drug-likeness (QED) is 0.656. The van der Waals surface area contributed by atoms with E-state index in [9.17, 15) is 0 Å². The Bertz CT molecular complexity index is 253. The Morgan fingerprint density at radius 1 is 1.57 bits per heavy atom. The highest BCUT2D eigenvalue weighted by atomic mass is 35.5. The molecule has 1 N–H and O–H groups in total. The van der Waals surface area contributed by atoms with Crippen LogP contribution in [0, 0.1) is 0 Å². The molecule has 0 radical (unpaired) electrons. The fourth-order valence-corrected chi connectivity index (χ4v) is 1.89. The van der Waals surface area contributed by atoms with Crippen molar-refractivity contribution in [3.63, 3.8) is 0 Å². The lowest BCUT2D eigenvalue weighted by Crippen LogP contribution is -2.44. The third-order valence-electron chi connectivity index (χ3n) is 2.36. The molecule has 0 spiro atoms.